The maximum atomic E-state index is 12.4. The van der Waals surface area contributed by atoms with E-state index in [-0.39, 0.29) is 30.1 Å². The number of carbonyl (C=O) groups is 2. The first kappa shape index (κ1) is 22.9. The summed E-state index contributed by atoms with van der Waals surface area (Å²) in [6.07, 6.45) is 5.94. The van der Waals surface area contributed by atoms with E-state index in [1.807, 2.05) is 54.6 Å². The molecular weight excluding hydrogens is 386 g/mol. The van der Waals surface area contributed by atoms with Gasteiger partial charge in [0.05, 0.1) is 6.04 Å². The third-order valence-electron chi connectivity index (χ3n) is 5.27. The van der Waals surface area contributed by atoms with E-state index in [4.69, 9.17) is 5.73 Å². The Morgan fingerprint density at radius 1 is 0.966 bits per heavy atom. The number of benzene rings is 2. The van der Waals surface area contributed by atoms with Gasteiger partial charge in [-0.25, -0.2) is 0 Å². The highest BCUT2D eigenvalue weighted by molar-refractivity contribution is 5.92. The van der Waals surface area contributed by atoms with Gasteiger partial charge in [0, 0.05) is 18.2 Å². The lowest BCUT2D eigenvalue weighted by Crippen LogP contribution is -2.41. The van der Waals surface area contributed by atoms with Crippen molar-refractivity contribution in [3.8, 4) is 0 Å². The first-order chi connectivity index (χ1) is 13.6. The van der Waals surface area contributed by atoms with Crippen molar-refractivity contribution >= 4 is 29.9 Å². The first-order valence-corrected chi connectivity index (χ1v) is 10.1. The van der Waals surface area contributed by atoms with Gasteiger partial charge in [0.25, 0.3) is 0 Å². The van der Waals surface area contributed by atoms with Crippen LogP contribution in [0.25, 0.3) is 0 Å². The molecule has 1 saturated carbocycles. The van der Waals surface area contributed by atoms with Crippen molar-refractivity contribution < 1.29 is 9.59 Å². The van der Waals surface area contributed by atoms with Gasteiger partial charge in [0.1, 0.15) is 0 Å². The zero-order chi connectivity index (χ0) is 19.8. The summed E-state index contributed by atoms with van der Waals surface area (Å²) in [4.78, 5) is 24.7. The third kappa shape index (κ3) is 7.18. The van der Waals surface area contributed by atoms with E-state index in [2.05, 4.69) is 10.6 Å². The predicted octanol–water partition coefficient (Wildman–Crippen LogP) is 3.81. The fraction of sp³-hybridized carbons (Fsp3) is 0.391. The van der Waals surface area contributed by atoms with Crippen LogP contribution in [0.5, 0.6) is 0 Å². The lowest BCUT2D eigenvalue weighted by atomic mass is 9.88. The molecule has 6 heteroatoms. The van der Waals surface area contributed by atoms with Gasteiger partial charge in [-0.15, -0.1) is 12.4 Å². The summed E-state index contributed by atoms with van der Waals surface area (Å²) in [5.41, 5.74) is 8.77. The molecule has 2 aromatic carbocycles. The van der Waals surface area contributed by atoms with E-state index in [0.29, 0.717) is 13.0 Å². The number of nitrogens with one attached hydrogen (secondary N) is 2. The Morgan fingerprint density at radius 3 is 2.38 bits per heavy atom. The Kier molecular flexibility index (Phi) is 9.16. The maximum absolute atomic E-state index is 12.4. The van der Waals surface area contributed by atoms with Crippen LogP contribution in [-0.2, 0) is 22.6 Å². The second-order valence-electron chi connectivity index (χ2n) is 7.54. The van der Waals surface area contributed by atoms with Gasteiger partial charge < -0.3 is 16.4 Å². The molecule has 0 unspecified atom stereocenters. The van der Waals surface area contributed by atoms with E-state index in [9.17, 15) is 9.59 Å². The second kappa shape index (κ2) is 11.6. The average molecular weight is 416 g/mol. The van der Waals surface area contributed by atoms with Crippen LogP contribution < -0.4 is 16.4 Å². The van der Waals surface area contributed by atoms with Crippen molar-refractivity contribution in [2.45, 2.75) is 51.1 Å². The highest BCUT2D eigenvalue weighted by Crippen LogP contribution is 2.25. The number of anilines is 1. The minimum atomic E-state index is -0.586. The summed E-state index contributed by atoms with van der Waals surface area (Å²) in [6.45, 7) is 0.383. The average Bonchev–Trinajstić information content (AvgIpc) is 2.73. The van der Waals surface area contributed by atoms with Gasteiger partial charge >= 0.3 is 0 Å². The van der Waals surface area contributed by atoms with Crippen LogP contribution in [0.3, 0.4) is 0 Å². The number of carbonyl (C=O) groups excluding carboxylic acids is 2. The van der Waals surface area contributed by atoms with Crippen LogP contribution in [0, 0.1) is 5.92 Å². The molecular formula is C23H30ClN3O2. The number of halogens is 1. The standard InChI is InChI=1S/C23H29N3O2.ClH/c24-21(15-17-8-3-1-4-9-17)23(28)25-16-18-10-7-13-20(14-18)26-22(27)19-11-5-2-6-12-19;/h1,3-4,7-10,13-14,19,21H,2,5-6,11-12,15-16,24H2,(H,25,28)(H,26,27);1H/t21-;/m0./s1. The number of rotatable bonds is 7. The Morgan fingerprint density at radius 2 is 1.66 bits per heavy atom. The maximum Gasteiger partial charge on any atom is 0.237 e. The molecule has 1 aliphatic carbocycles. The number of hydrogen-bond acceptors (Lipinski definition) is 3. The van der Waals surface area contributed by atoms with Gasteiger partial charge in [-0.3, -0.25) is 9.59 Å². The summed E-state index contributed by atoms with van der Waals surface area (Å²) in [5, 5.41) is 5.91. The smallest absolute Gasteiger partial charge is 0.237 e. The monoisotopic (exact) mass is 415 g/mol. The normalized spacial score (nSPS) is 15.1. The molecule has 0 spiro atoms. The van der Waals surface area contributed by atoms with E-state index in [0.717, 1.165) is 42.5 Å². The quantitative estimate of drug-likeness (QED) is 0.642. The van der Waals surface area contributed by atoms with Crippen molar-refractivity contribution in [2.24, 2.45) is 11.7 Å². The van der Waals surface area contributed by atoms with Gasteiger partial charge in [-0.1, -0.05) is 61.7 Å². The molecule has 0 heterocycles. The van der Waals surface area contributed by atoms with E-state index in [1.54, 1.807) is 0 Å². The lowest BCUT2D eigenvalue weighted by Gasteiger charge is -2.21. The van der Waals surface area contributed by atoms with E-state index >= 15 is 0 Å². The topological polar surface area (TPSA) is 84.2 Å². The zero-order valence-electron chi connectivity index (χ0n) is 16.6. The van der Waals surface area contributed by atoms with Crippen LogP contribution in [-0.4, -0.2) is 17.9 Å². The van der Waals surface area contributed by atoms with Crippen LogP contribution in [0.15, 0.2) is 54.6 Å². The van der Waals surface area contributed by atoms with Crippen molar-refractivity contribution in [3.63, 3.8) is 0 Å². The van der Waals surface area contributed by atoms with Crippen molar-refractivity contribution in [1.29, 1.82) is 0 Å². The number of hydrogen-bond donors (Lipinski definition) is 3. The SMILES string of the molecule is Cl.N[C@@H](Cc1ccccc1)C(=O)NCc1cccc(NC(=O)C2CCCCC2)c1. The predicted molar refractivity (Wildman–Crippen MR) is 119 cm³/mol. The molecule has 4 N–H and O–H groups in total. The highest BCUT2D eigenvalue weighted by atomic mass is 35.5. The highest BCUT2D eigenvalue weighted by Gasteiger charge is 2.21. The van der Waals surface area contributed by atoms with Crippen molar-refractivity contribution in [3.05, 3.63) is 65.7 Å². The van der Waals surface area contributed by atoms with E-state index in [1.165, 1.54) is 6.42 Å². The molecule has 1 atom stereocenters. The summed E-state index contributed by atoms with van der Waals surface area (Å²) < 4.78 is 0. The number of nitrogens with two attached hydrogens (primary N) is 1. The Bertz CT molecular complexity index is 792. The summed E-state index contributed by atoms with van der Waals surface area (Å²) in [6, 6.07) is 16.8. The van der Waals surface area contributed by atoms with Gasteiger partial charge in [0.2, 0.25) is 11.8 Å². The summed E-state index contributed by atoms with van der Waals surface area (Å²) in [7, 11) is 0. The molecule has 5 nitrogen and oxygen atoms in total. The van der Waals surface area contributed by atoms with Gasteiger partial charge in [0.15, 0.2) is 0 Å². The molecule has 0 aromatic heterocycles. The molecule has 0 aliphatic heterocycles. The van der Waals surface area contributed by atoms with Crippen LogP contribution >= 0.6 is 12.4 Å². The molecule has 0 bridgehead atoms. The fourth-order valence-electron chi connectivity index (χ4n) is 3.65. The molecule has 29 heavy (non-hydrogen) atoms. The van der Waals surface area contributed by atoms with Crippen LogP contribution in [0.1, 0.15) is 43.2 Å². The molecule has 156 valence electrons. The summed E-state index contributed by atoms with van der Waals surface area (Å²) in [5.74, 6) is 0.0411. The minimum Gasteiger partial charge on any atom is -0.351 e. The Hall–Kier alpha value is -2.37. The van der Waals surface area contributed by atoms with Crippen molar-refractivity contribution in [2.75, 3.05) is 5.32 Å². The largest absolute Gasteiger partial charge is 0.351 e. The molecule has 2 aromatic rings. The van der Waals surface area contributed by atoms with Crippen LogP contribution in [0.2, 0.25) is 0 Å². The van der Waals surface area contributed by atoms with Crippen LogP contribution in [0.4, 0.5) is 5.69 Å². The van der Waals surface area contributed by atoms with E-state index < -0.39 is 6.04 Å². The molecule has 3 rings (SSSR count). The third-order valence-corrected chi connectivity index (χ3v) is 5.27. The lowest BCUT2D eigenvalue weighted by molar-refractivity contribution is -0.122. The van der Waals surface area contributed by atoms with Gasteiger partial charge in [-0.2, -0.15) is 0 Å². The first-order valence-electron chi connectivity index (χ1n) is 10.1. The van der Waals surface area contributed by atoms with Crippen molar-refractivity contribution in [1.82, 2.24) is 5.32 Å². The second-order valence-corrected chi connectivity index (χ2v) is 7.54. The molecule has 0 radical (unpaired) electrons. The molecule has 2 amide bonds. The molecule has 0 saturated heterocycles. The van der Waals surface area contributed by atoms with Gasteiger partial charge in [-0.05, 0) is 42.5 Å². The zero-order valence-corrected chi connectivity index (χ0v) is 17.4. The Balaban J connectivity index is 0.00000300. The molecule has 1 aliphatic rings. The molecule has 1 fully saturated rings. The summed E-state index contributed by atoms with van der Waals surface area (Å²) >= 11 is 0. The minimum absolute atomic E-state index is 0. The number of amides is 2. The Labute approximate surface area is 178 Å². The fourth-order valence-corrected chi connectivity index (χ4v) is 3.65.